The van der Waals surface area contributed by atoms with Crippen LogP contribution in [0.2, 0.25) is 0 Å². The second-order valence-corrected chi connectivity index (χ2v) is 3.79. The van der Waals surface area contributed by atoms with Gasteiger partial charge in [0.05, 0.1) is 36.4 Å². The van der Waals surface area contributed by atoms with E-state index in [9.17, 15) is 0 Å². The lowest BCUT2D eigenvalue weighted by Gasteiger charge is -1.93. The predicted molar refractivity (Wildman–Crippen MR) is 71.3 cm³/mol. The summed E-state index contributed by atoms with van der Waals surface area (Å²) in [4.78, 5) is 22.4. The fourth-order valence-corrected chi connectivity index (χ4v) is 1.41. The van der Waals surface area contributed by atoms with Crippen LogP contribution >= 0.6 is 0 Å². The van der Waals surface area contributed by atoms with E-state index in [-0.39, 0.29) is 0 Å². The van der Waals surface area contributed by atoms with Crippen molar-refractivity contribution in [2.24, 2.45) is 9.98 Å². The summed E-state index contributed by atoms with van der Waals surface area (Å²) in [6.07, 6.45) is 12.5. The first-order valence-electron chi connectivity index (χ1n) is 5.91. The molecule has 0 spiro atoms. The maximum absolute atomic E-state index is 4.30. The van der Waals surface area contributed by atoms with Crippen LogP contribution in [0, 0.1) is 0 Å². The molecule has 0 fully saturated rings. The molecular weight excluding hydrogens is 228 g/mol. The molecule has 0 saturated heterocycles. The Labute approximate surface area is 105 Å². The number of imidazole rings is 2. The van der Waals surface area contributed by atoms with Gasteiger partial charge in [0.2, 0.25) is 0 Å². The Balaban J connectivity index is 1.54. The number of hydrogen-bond donors (Lipinski definition) is 2. The van der Waals surface area contributed by atoms with Gasteiger partial charge in [-0.15, -0.1) is 0 Å². The summed E-state index contributed by atoms with van der Waals surface area (Å²) in [5.74, 6) is 0. The average Bonchev–Trinajstić information content (AvgIpc) is 3.05. The summed E-state index contributed by atoms with van der Waals surface area (Å²) in [6.45, 7) is 1.64. The molecule has 6 heteroatoms. The van der Waals surface area contributed by atoms with Crippen molar-refractivity contribution < 1.29 is 0 Å². The third kappa shape index (κ3) is 4.32. The van der Waals surface area contributed by atoms with Gasteiger partial charge in [0, 0.05) is 25.5 Å². The van der Waals surface area contributed by atoms with Crippen molar-refractivity contribution >= 4 is 12.4 Å². The first-order chi connectivity index (χ1) is 8.95. The van der Waals surface area contributed by atoms with Crippen LogP contribution in [0.3, 0.4) is 0 Å². The average molecular weight is 244 g/mol. The Morgan fingerprint density at radius 2 is 1.39 bits per heavy atom. The van der Waals surface area contributed by atoms with Crippen molar-refractivity contribution in [3.05, 3.63) is 36.4 Å². The lowest BCUT2D eigenvalue weighted by atomic mass is 10.3. The molecule has 0 unspecified atom stereocenters. The van der Waals surface area contributed by atoms with Crippen molar-refractivity contribution in [3.63, 3.8) is 0 Å². The van der Waals surface area contributed by atoms with Gasteiger partial charge >= 0.3 is 0 Å². The Kier molecular flexibility index (Phi) is 4.86. The van der Waals surface area contributed by atoms with Gasteiger partial charge < -0.3 is 9.97 Å². The maximum atomic E-state index is 4.30. The van der Waals surface area contributed by atoms with Gasteiger partial charge in [0.25, 0.3) is 0 Å². The number of hydrogen-bond acceptors (Lipinski definition) is 4. The monoisotopic (exact) mass is 244 g/mol. The van der Waals surface area contributed by atoms with E-state index in [4.69, 9.17) is 0 Å². The van der Waals surface area contributed by atoms with Crippen molar-refractivity contribution in [2.45, 2.75) is 12.8 Å². The number of H-pyrrole nitrogens is 2. The van der Waals surface area contributed by atoms with E-state index in [2.05, 4.69) is 29.9 Å². The van der Waals surface area contributed by atoms with Gasteiger partial charge in [-0.1, -0.05) is 0 Å². The number of aliphatic imine (C=N–C) groups is 2. The lowest BCUT2D eigenvalue weighted by Crippen LogP contribution is -1.89. The maximum Gasteiger partial charge on any atom is 0.0924 e. The molecule has 18 heavy (non-hydrogen) atoms. The molecule has 2 aromatic rings. The van der Waals surface area contributed by atoms with E-state index in [1.54, 1.807) is 37.5 Å². The van der Waals surface area contributed by atoms with Crippen molar-refractivity contribution in [1.29, 1.82) is 0 Å². The summed E-state index contributed by atoms with van der Waals surface area (Å²) < 4.78 is 0. The Hall–Kier alpha value is -2.24. The molecule has 2 aromatic heterocycles. The van der Waals surface area contributed by atoms with Gasteiger partial charge in [-0.2, -0.15) is 0 Å². The highest BCUT2D eigenvalue weighted by Gasteiger charge is 1.88. The third-order valence-electron chi connectivity index (χ3n) is 2.32. The van der Waals surface area contributed by atoms with Crippen LogP contribution in [0.1, 0.15) is 24.2 Å². The molecule has 0 amide bonds. The first kappa shape index (κ1) is 12.2. The topological polar surface area (TPSA) is 82.1 Å². The van der Waals surface area contributed by atoms with Crippen molar-refractivity contribution in [1.82, 2.24) is 19.9 Å². The smallest absolute Gasteiger partial charge is 0.0924 e. The largest absolute Gasteiger partial charge is 0.344 e. The zero-order valence-corrected chi connectivity index (χ0v) is 10.1. The summed E-state index contributed by atoms with van der Waals surface area (Å²) in [7, 11) is 0. The fraction of sp³-hybridized carbons (Fsp3) is 0.333. The highest BCUT2D eigenvalue weighted by Crippen LogP contribution is 1.93. The zero-order chi connectivity index (χ0) is 12.5. The van der Waals surface area contributed by atoms with Gasteiger partial charge in [-0.3, -0.25) is 9.98 Å². The second-order valence-electron chi connectivity index (χ2n) is 3.79. The molecular formula is C12H16N6. The number of aromatic nitrogens is 4. The molecule has 6 nitrogen and oxygen atoms in total. The van der Waals surface area contributed by atoms with Crippen LogP contribution in [0.15, 0.2) is 35.0 Å². The quantitative estimate of drug-likeness (QED) is 0.571. The predicted octanol–water partition coefficient (Wildman–Crippen LogP) is 1.45. The van der Waals surface area contributed by atoms with E-state index < -0.39 is 0 Å². The molecule has 0 aliphatic rings. The van der Waals surface area contributed by atoms with E-state index in [1.165, 1.54) is 0 Å². The molecule has 2 heterocycles. The molecule has 94 valence electrons. The SMILES string of the molecule is C(=NCCCCN=Cc1cnc[nH]1)c1cnc[nH]1. The molecule has 0 aliphatic heterocycles. The molecule has 0 aromatic carbocycles. The molecule has 0 aliphatic carbocycles. The Morgan fingerprint density at radius 3 is 1.78 bits per heavy atom. The standard InChI is InChI=1S/C12H16N6/c1(3-13-5-11-7-15-9-17-11)2-4-14-6-12-8-16-10-18-12/h5-10H,1-4H2,(H,15,17)(H,16,18). The normalized spacial score (nSPS) is 11.8. The summed E-state index contributed by atoms with van der Waals surface area (Å²) in [5.41, 5.74) is 1.87. The lowest BCUT2D eigenvalue weighted by molar-refractivity contribution is 0.759. The van der Waals surface area contributed by atoms with E-state index in [0.717, 1.165) is 37.3 Å². The second kappa shape index (κ2) is 7.16. The van der Waals surface area contributed by atoms with Crippen LogP contribution < -0.4 is 0 Å². The van der Waals surface area contributed by atoms with Gasteiger partial charge in [0.1, 0.15) is 0 Å². The molecule has 0 bridgehead atoms. The molecule has 2 N–H and O–H groups in total. The van der Waals surface area contributed by atoms with Crippen LogP contribution in [0.4, 0.5) is 0 Å². The van der Waals surface area contributed by atoms with Crippen LogP contribution in [0.5, 0.6) is 0 Å². The van der Waals surface area contributed by atoms with Gasteiger partial charge in [-0.05, 0) is 12.8 Å². The zero-order valence-electron chi connectivity index (χ0n) is 10.1. The number of nitrogens with zero attached hydrogens (tertiary/aromatic N) is 4. The van der Waals surface area contributed by atoms with Crippen LogP contribution in [0.25, 0.3) is 0 Å². The number of aromatic amines is 2. The van der Waals surface area contributed by atoms with Crippen molar-refractivity contribution in [2.75, 3.05) is 13.1 Å². The minimum absolute atomic E-state index is 0.818. The third-order valence-corrected chi connectivity index (χ3v) is 2.32. The molecule has 0 radical (unpaired) electrons. The van der Waals surface area contributed by atoms with Crippen LogP contribution in [-0.4, -0.2) is 45.5 Å². The van der Waals surface area contributed by atoms with Gasteiger partial charge in [0.15, 0.2) is 0 Å². The van der Waals surface area contributed by atoms with Gasteiger partial charge in [-0.25, -0.2) is 9.97 Å². The number of rotatable bonds is 7. The number of unbranched alkanes of at least 4 members (excludes halogenated alkanes) is 1. The molecule has 0 atom stereocenters. The van der Waals surface area contributed by atoms with Crippen LogP contribution in [-0.2, 0) is 0 Å². The van der Waals surface area contributed by atoms with E-state index >= 15 is 0 Å². The highest BCUT2D eigenvalue weighted by molar-refractivity contribution is 5.76. The Bertz CT molecular complexity index is 422. The molecule has 2 rings (SSSR count). The first-order valence-corrected chi connectivity index (χ1v) is 5.91. The van der Waals surface area contributed by atoms with E-state index in [1.807, 2.05) is 0 Å². The highest BCUT2D eigenvalue weighted by atomic mass is 14.9. The van der Waals surface area contributed by atoms with Crippen molar-refractivity contribution in [3.8, 4) is 0 Å². The summed E-state index contributed by atoms with van der Waals surface area (Å²) in [5, 5.41) is 0. The number of nitrogens with one attached hydrogen (secondary N) is 2. The fourth-order valence-electron chi connectivity index (χ4n) is 1.41. The van der Waals surface area contributed by atoms with E-state index in [0.29, 0.717) is 0 Å². The molecule has 0 saturated carbocycles. The minimum atomic E-state index is 0.818. The minimum Gasteiger partial charge on any atom is -0.344 e. The summed E-state index contributed by atoms with van der Waals surface area (Å²) in [6, 6.07) is 0. The summed E-state index contributed by atoms with van der Waals surface area (Å²) >= 11 is 0. The Morgan fingerprint density at radius 1 is 0.889 bits per heavy atom.